The van der Waals surface area contributed by atoms with Crippen molar-refractivity contribution >= 4 is 11.6 Å². The predicted molar refractivity (Wildman–Crippen MR) is 71.8 cm³/mol. The van der Waals surface area contributed by atoms with Gasteiger partial charge >= 0.3 is 0 Å². The molecule has 0 aromatic heterocycles. The van der Waals surface area contributed by atoms with Crippen LogP contribution in [-0.2, 0) is 9.53 Å². The highest BCUT2D eigenvalue weighted by atomic mass is 16.5. The molecule has 1 aliphatic rings. The maximum Gasteiger partial charge on any atom is 0.242 e. The molecule has 1 N–H and O–H groups in total. The van der Waals surface area contributed by atoms with E-state index in [1.807, 2.05) is 11.0 Å². The van der Waals surface area contributed by atoms with E-state index in [0.29, 0.717) is 32.8 Å². The van der Waals surface area contributed by atoms with Crippen molar-refractivity contribution in [2.24, 2.45) is 0 Å². The Kier molecular flexibility index (Phi) is 4.20. The second-order valence-electron chi connectivity index (χ2n) is 4.61. The zero-order valence-corrected chi connectivity index (χ0v) is 11.0. The van der Waals surface area contributed by atoms with Gasteiger partial charge in [0.25, 0.3) is 0 Å². The van der Waals surface area contributed by atoms with Crippen LogP contribution in [-0.4, -0.2) is 43.7 Å². The predicted octanol–water partition coefficient (Wildman–Crippen LogP) is 1.57. The van der Waals surface area contributed by atoms with Gasteiger partial charge in [-0.2, -0.15) is 0 Å². The number of ether oxygens (including phenoxy) is 1. The Morgan fingerprint density at radius 3 is 2.50 bits per heavy atom. The van der Waals surface area contributed by atoms with Crippen molar-refractivity contribution in [1.82, 2.24) is 4.90 Å². The maximum atomic E-state index is 12.0. The van der Waals surface area contributed by atoms with Gasteiger partial charge in [-0.15, -0.1) is 0 Å². The van der Waals surface area contributed by atoms with Gasteiger partial charge < -0.3 is 15.0 Å². The van der Waals surface area contributed by atoms with Crippen LogP contribution in [0, 0.1) is 13.8 Å². The Labute approximate surface area is 108 Å². The topological polar surface area (TPSA) is 41.6 Å². The first-order chi connectivity index (χ1) is 8.68. The van der Waals surface area contributed by atoms with Crippen LogP contribution in [0.2, 0.25) is 0 Å². The van der Waals surface area contributed by atoms with Crippen LogP contribution in [0.4, 0.5) is 5.69 Å². The van der Waals surface area contributed by atoms with Crippen LogP contribution in [0.1, 0.15) is 11.1 Å². The van der Waals surface area contributed by atoms with Crippen molar-refractivity contribution in [3.63, 3.8) is 0 Å². The minimum absolute atomic E-state index is 0.140. The lowest BCUT2D eigenvalue weighted by atomic mass is 10.1. The number of rotatable bonds is 3. The Morgan fingerprint density at radius 2 is 1.89 bits per heavy atom. The third-order valence-electron chi connectivity index (χ3n) is 3.26. The van der Waals surface area contributed by atoms with Gasteiger partial charge in [-0.1, -0.05) is 18.2 Å². The summed E-state index contributed by atoms with van der Waals surface area (Å²) in [5, 5.41) is 3.25. The number of carbonyl (C=O) groups is 1. The number of anilines is 1. The highest BCUT2D eigenvalue weighted by Crippen LogP contribution is 2.19. The van der Waals surface area contributed by atoms with Gasteiger partial charge in [-0.3, -0.25) is 4.79 Å². The van der Waals surface area contributed by atoms with Crippen molar-refractivity contribution in [3.8, 4) is 0 Å². The molecule has 4 heteroatoms. The number of morpholine rings is 1. The van der Waals surface area contributed by atoms with Gasteiger partial charge in [0.15, 0.2) is 0 Å². The number of amides is 1. The highest BCUT2D eigenvalue weighted by Gasteiger charge is 2.16. The second-order valence-corrected chi connectivity index (χ2v) is 4.61. The fourth-order valence-corrected chi connectivity index (χ4v) is 2.18. The van der Waals surface area contributed by atoms with E-state index in [-0.39, 0.29) is 5.91 Å². The molecule has 4 nitrogen and oxygen atoms in total. The van der Waals surface area contributed by atoms with Gasteiger partial charge in [0.2, 0.25) is 5.91 Å². The van der Waals surface area contributed by atoms with Crippen LogP contribution in [0.15, 0.2) is 18.2 Å². The minimum atomic E-state index is 0.140. The lowest BCUT2D eigenvalue weighted by molar-refractivity contribution is -0.133. The molecule has 1 aromatic carbocycles. The molecule has 0 radical (unpaired) electrons. The minimum Gasteiger partial charge on any atom is -0.378 e. The zero-order chi connectivity index (χ0) is 13.0. The quantitative estimate of drug-likeness (QED) is 0.883. The summed E-state index contributed by atoms with van der Waals surface area (Å²) in [7, 11) is 0. The largest absolute Gasteiger partial charge is 0.378 e. The Balaban J connectivity index is 1.92. The summed E-state index contributed by atoms with van der Waals surface area (Å²) in [6.07, 6.45) is 0. The lowest BCUT2D eigenvalue weighted by Gasteiger charge is -2.27. The monoisotopic (exact) mass is 248 g/mol. The van der Waals surface area contributed by atoms with Crippen LogP contribution < -0.4 is 5.32 Å². The van der Waals surface area contributed by atoms with Crippen LogP contribution in [0.5, 0.6) is 0 Å². The summed E-state index contributed by atoms with van der Waals surface area (Å²) >= 11 is 0. The summed E-state index contributed by atoms with van der Waals surface area (Å²) in [5.74, 6) is 0.140. The van der Waals surface area contributed by atoms with Crippen molar-refractivity contribution in [2.45, 2.75) is 13.8 Å². The molecule has 0 spiro atoms. The van der Waals surface area contributed by atoms with Gasteiger partial charge in [-0.05, 0) is 25.0 Å². The first-order valence-electron chi connectivity index (χ1n) is 6.34. The molecule has 0 bridgehead atoms. The average Bonchev–Trinajstić information content (AvgIpc) is 2.39. The fraction of sp³-hybridized carbons (Fsp3) is 0.500. The molecule has 0 unspecified atom stereocenters. The third kappa shape index (κ3) is 3.01. The highest BCUT2D eigenvalue weighted by molar-refractivity contribution is 5.81. The number of para-hydroxylation sites is 1. The molecule has 1 aromatic rings. The average molecular weight is 248 g/mol. The molecule has 0 aliphatic carbocycles. The summed E-state index contributed by atoms with van der Waals surface area (Å²) < 4.78 is 5.24. The number of hydrogen-bond donors (Lipinski definition) is 1. The van der Waals surface area contributed by atoms with Gasteiger partial charge in [0.1, 0.15) is 0 Å². The fourth-order valence-electron chi connectivity index (χ4n) is 2.18. The van der Waals surface area contributed by atoms with E-state index in [0.717, 1.165) is 5.69 Å². The summed E-state index contributed by atoms with van der Waals surface area (Å²) in [6, 6.07) is 6.13. The van der Waals surface area contributed by atoms with Crippen LogP contribution in [0.3, 0.4) is 0 Å². The van der Waals surface area contributed by atoms with E-state index in [2.05, 4.69) is 31.3 Å². The molecule has 1 heterocycles. The summed E-state index contributed by atoms with van der Waals surface area (Å²) in [6.45, 7) is 7.15. The van der Waals surface area contributed by atoms with E-state index in [9.17, 15) is 4.79 Å². The smallest absolute Gasteiger partial charge is 0.242 e. The molecule has 1 fully saturated rings. The normalized spacial score (nSPS) is 15.6. The molecule has 2 rings (SSSR count). The van der Waals surface area contributed by atoms with E-state index >= 15 is 0 Å². The van der Waals surface area contributed by atoms with Crippen LogP contribution in [0.25, 0.3) is 0 Å². The first-order valence-corrected chi connectivity index (χ1v) is 6.34. The molecule has 1 amide bonds. The Morgan fingerprint density at radius 1 is 1.28 bits per heavy atom. The van der Waals surface area contributed by atoms with Crippen molar-refractivity contribution in [1.29, 1.82) is 0 Å². The zero-order valence-electron chi connectivity index (χ0n) is 11.0. The molecule has 18 heavy (non-hydrogen) atoms. The van der Waals surface area contributed by atoms with Crippen LogP contribution >= 0.6 is 0 Å². The van der Waals surface area contributed by atoms with Gasteiger partial charge in [-0.25, -0.2) is 0 Å². The maximum absolute atomic E-state index is 12.0. The van der Waals surface area contributed by atoms with Gasteiger partial charge in [0, 0.05) is 18.8 Å². The Bertz CT molecular complexity index is 406. The number of nitrogens with one attached hydrogen (secondary N) is 1. The molecule has 1 aliphatic heterocycles. The standard InChI is InChI=1S/C14H20N2O2/c1-11-4-3-5-12(2)14(11)15-10-13(17)16-6-8-18-9-7-16/h3-5,15H,6-10H2,1-2H3. The van der Waals surface area contributed by atoms with Gasteiger partial charge in [0.05, 0.1) is 19.8 Å². The summed E-state index contributed by atoms with van der Waals surface area (Å²) in [5.41, 5.74) is 3.41. The molecule has 98 valence electrons. The molecular formula is C14H20N2O2. The molecular weight excluding hydrogens is 228 g/mol. The molecule has 1 saturated heterocycles. The van der Waals surface area contributed by atoms with Crippen molar-refractivity contribution in [3.05, 3.63) is 29.3 Å². The Hall–Kier alpha value is -1.55. The van der Waals surface area contributed by atoms with Crippen molar-refractivity contribution < 1.29 is 9.53 Å². The van der Waals surface area contributed by atoms with E-state index in [1.54, 1.807) is 0 Å². The SMILES string of the molecule is Cc1cccc(C)c1NCC(=O)N1CCOCC1. The number of aryl methyl sites for hydroxylation is 2. The summed E-state index contributed by atoms with van der Waals surface area (Å²) in [4.78, 5) is 13.9. The number of benzene rings is 1. The number of nitrogens with zero attached hydrogens (tertiary/aromatic N) is 1. The van der Waals surface area contributed by atoms with E-state index in [4.69, 9.17) is 4.74 Å². The second kappa shape index (κ2) is 5.87. The van der Waals surface area contributed by atoms with E-state index in [1.165, 1.54) is 11.1 Å². The molecule has 0 saturated carbocycles. The third-order valence-corrected chi connectivity index (χ3v) is 3.26. The van der Waals surface area contributed by atoms with E-state index < -0.39 is 0 Å². The number of hydrogen-bond acceptors (Lipinski definition) is 3. The number of carbonyl (C=O) groups excluding carboxylic acids is 1. The molecule has 0 atom stereocenters. The lowest BCUT2D eigenvalue weighted by Crippen LogP contribution is -2.43. The van der Waals surface area contributed by atoms with Crippen molar-refractivity contribution in [2.75, 3.05) is 38.2 Å². The first kappa shape index (κ1) is 12.9.